The van der Waals surface area contributed by atoms with E-state index < -0.39 is 18.4 Å². The van der Waals surface area contributed by atoms with E-state index in [0.717, 1.165) is 12.8 Å². The molecule has 0 amide bonds. The van der Waals surface area contributed by atoms with Crippen LogP contribution in [0.5, 0.6) is 0 Å². The van der Waals surface area contributed by atoms with Gasteiger partial charge in [-0.3, -0.25) is 0 Å². The highest BCUT2D eigenvalue weighted by Crippen LogP contribution is 2.16. The molecule has 0 aromatic heterocycles. The van der Waals surface area contributed by atoms with Crippen molar-refractivity contribution in [3.8, 4) is 0 Å². The standard InChI is InChI=1S/C19H38O7/c1-9-15(13-21-25-18(5,6)11-3)23-17(20)24-16(10-2)14-22-26-19(7,8)12-4/h15-16H,9-14H2,1-8H3. The molecule has 0 N–H and O–H groups in total. The number of hydrogen-bond acceptors (Lipinski definition) is 7. The molecule has 0 spiro atoms. The summed E-state index contributed by atoms with van der Waals surface area (Å²) in [6.07, 6.45) is 1.16. The third-order valence-electron chi connectivity index (χ3n) is 4.22. The zero-order valence-corrected chi connectivity index (χ0v) is 17.8. The average Bonchev–Trinajstić information content (AvgIpc) is 2.59. The molecule has 0 aromatic carbocycles. The first-order valence-corrected chi connectivity index (χ1v) is 9.57. The van der Waals surface area contributed by atoms with Crippen LogP contribution in [0.4, 0.5) is 4.79 Å². The van der Waals surface area contributed by atoms with Crippen molar-refractivity contribution in [1.29, 1.82) is 0 Å². The normalized spacial score (nSPS) is 14.8. The second-order valence-corrected chi connectivity index (χ2v) is 7.51. The predicted octanol–water partition coefficient (Wildman–Crippen LogP) is 4.97. The minimum atomic E-state index is -0.750. The Hall–Kier alpha value is -0.890. The number of hydrogen-bond donors (Lipinski definition) is 0. The Kier molecular flexibility index (Phi) is 12.1. The minimum absolute atomic E-state index is 0.149. The summed E-state index contributed by atoms with van der Waals surface area (Å²) >= 11 is 0. The summed E-state index contributed by atoms with van der Waals surface area (Å²) < 4.78 is 10.6. The van der Waals surface area contributed by atoms with Crippen LogP contribution in [0.3, 0.4) is 0 Å². The number of ether oxygens (including phenoxy) is 2. The fourth-order valence-electron chi connectivity index (χ4n) is 1.43. The molecule has 0 heterocycles. The molecule has 0 radical (unpaired) electrons. The van der Waals surface area contributed by atoms with E-state index in [2.05, 4.69) is 0 Å². The average molecular weight is 379 g/mol. The van der Waals surface area contributed by atoms with E-state index in [1.54, 1.807) is 0 Å². The number of carbonyl (C=O) groups excluding carboxylic acids is 1. The van der Waals surface area contributed by atoms with Crippen molar-refractivity contribution in [2.45, 2.75) is 104 Å². The molecular weight excluding hydrogens is 340 g/mol. The van der Waals surface area contributed by atoms with E-state index in [4.69, 9.17) is 29.0 Å². The maximum atomic E-state index is 12.0. The van der Waals surface area contributed by atoms with E-state index in [1.165, 1.54) is 0 Å². The van der Waals surface area contributed by atoms with Crippen molar-refractivity contribution in [2.75, 3.05) is 13.2 Å². The smallest absolute Gasteiger partial charge is 0.428 e. The summed E-state index contributed by atoms with van der Waals surface area (Å²) in [5, 5.41) is 0. The molecule has 0 bridgehead atoms. The Labute approximate surface area is 158 Å². The van der Waals surface area contributed by atoms with Crippen LogP contribution in [-0.4, -0.2) is 42.8 Å². The first-order chi connectivity index (χ1) is 12.1. The number of rotatable bonds is 14. The van der Waals surface area contributed by atoms with E-state index in [0.29, 0.717) is 12.8 Å². The molecule has 0 aromatic rings. The van der Waals surface area contributed by atoms with Crippen LogP contribution < -0.4 is 0 Å². The third kappa shape index (κ3) is 11.7. The van der Waals surface area contributed by atoms with Gasteiger partial charge in [-0.1, -0.05) is 27.7 Å². The van der Waals surface area contributed by atoms with Gasteiger partial charge in [-0.25, -0.2) is 24.3 Å². The zero-order chi connectivity index (χ0) is 20.2. The molecule has 7 heteroatoms. The Morgan fingerprint density at radius 3 is 1.35 bits per heavy atom. The fourth-order valence-corrected chi connectivity index (χ4v) is 1.43. The van der Waals surface area contributed by atoms with Gasteiger partial charge in [0.1, 0.15) is 25.4 Å². The van der Waals surface area contributed by atoms with Crippen LogP contribution in [0.2, 0.25) is 0 Å². The lowest BCUT2D eigenvalue weighted by Gasteiger charge is -2.24. The molecule has 7 nitrogen and oxygen atoms in total. The Morgan fingerprint density at radius 2 is 1.08 bits per heavy atom. The summed E-state index contributed by atoms with van der Waals surface area (Å²) in [5.74, 6) is 0. The van der Waals surface area contributed by atoms with Crippen molar-refractivity contribution in [2.24, 2.45) is 0 Å². The molecule has 0 aliphatic rings. The maximum absolute atomic E-state index is 12.0. The second-order valence-electron chi connectivity index (χ2n) is 7.51. The Morgan fingerprint density at radius 1 is 0.731 bits per heavy atom. The maximum Gasteiger partial charge on any atom is 0.508 e. The summed E-state index contributed by atoms with van der Waals surface area (Å²) in [6.45, 7) is 15.8. The summed E-state index contributed by atoms with van der Waals surface area (Å²) in [7, 11) is 0. The van der Waals surface area contributed by atoms with Gasteiger partial charge in [-0.15, -0.1) is 0 Å². The molecular formula is C19H38O7. The minimum Gasteiger partial charge on any atom is -0.428 e. The van der Waals surface area contributed by atoms with Crippen molar-refractivity contribution in [3.63, 3.8) is 0 Å². The van der Waals surface area contributed by atoms with Gasteiger partial charge in [-0.2, -0.15) is 0 Å². The zero-order valence-electron chi connectivity index (χ0n) is 17.8. The molecule has 156 valence electrons. The highest BCUT2D eigenvalue weighted by molar-refractivity contribution is 5.60. The topological polar surface area (TPSA) is 72.5 Å². The van der Waals surface area contributed by atoms with E-state index in [9.17, 15) is 4.79 Å². The lowest BCUT2D eigenvalue weighted by Crippen LogP contribution is -2.31. The van der Waals surface area contributed by atoms with Crippen molar-refractivity contribution in [3.05, 3.63) is 0 Å². The third-order valence-corrected chi connectivity index (χ3v) is 4.22. The van der Waals surface area contributed by atoms with Crippen LogP contribution in [-0.2, 0) is 29.0 Å². The monoisotopic (exact) mass is 378 g/mol. The van der Waals surface area contributed by atoms with Gasteiger partial charge >= 0.3 is 6.16 Å². The van der Waals surface area contributed by atoms with E-state index in [-0.39, 0.29) is 24.4 Å². The molecule has 0 saturated carbocycles. The van der Waals surface area contributed by atoms with Gasteiger partial charge in [-0.05, 0) is 53.4 Å². The predicted molar refractivity (Wildman–Crippen MR) is 98.5 cm³/mol. The molecule has 2 atom stereocenters. The van der Waals surface area contributed by atoms with Crippen molar-refractivity contribution < 1.29 is 33.8 Å². The highest BCUT2D eigenvalue weighted by Gasteiger charge is 2.23. The SMILES string of the molecule is CCC(COOC(C)(C)CC)OC(=O)OC(CC)COOC(C)(C)CC. The largest absolute Gasteiger partial charge is 0.508 e. The molecule has 2 unspecified atom stereocenters. The Bertz CT molecular complexity index is 348. The van der Waals surface area contributed by atoms with Crippen molar-refractivity contribution in [1.82, 2.24) is 0 Å². The highest BCUT2D eigenvalue weighted by atomic mass is 17.2. The van der Waals surface area contributed by atoms with Crippen LogP contribution in [0, 0.1) is 0 Å². The summed E-state index contributed by atoms with van der Waals surface area (Å²) in [5.41, 5.74) is -0.759. The quantitative estimate of drug-likeness (QED) is 0.240. The van der Waals surface area contributed by atoms with Crippen LogP contribution in [0.25, 0.3) is 0 Å². The fraction of sp³-hybridized carbons (Fsp3) is 0.947. The molecule has 0 saturated heterocycles. The van der Waals surface area contributed by atoms with E-state index >= 15 is 0 Å². The van der Waals surface area contributed by atoms with Crippen molar-refractivity contribution >= 4 is 6.16 Å². The van der Waals surface area contributed by atoms with Crippen LogP contribution >= 0.6 is 0 Å². The number of carbonyl (C=O) groups is 1. The van der Waals surface area contributed by atoms with Crippen LogP contribution in [0.1, 0.15) is 81.1 Å². The molecule has 0 aliphatic heterocycles. The summed E-state index contributed by atoms with van der Waals surface area (Å²) in [6, 6.07) is 0. The van der Waals surface area contributed by atoms with Gasteiger partial charge in [0.25, 0.3) is 0 Å². The second kappa shape index (κ2) is 12.5. The molecule has 0 fully saturated rings. The first-order valence-electron chi connectivity index (χ1n) is 9.57. The lowest BCUT2D eigenvalue weighted by atomic mass is 10.1. The summed E-state index contributed by atoms with van der Waals surface area (Å²) in [4.78, 5) is 33.0. The van der Waals surface area contributed by atoms with Gasteiger partial charge in [0.05, 0.1) is 11.2 Å². The van der Waals surface area contributed by atoms with Gasteiger partial charge < -0.3 is 9.47 Å². The van der Waals surface area contributed by atoms with E-state index in [1.807, 2.05) is 55.4 Å². The molecule has 26 heavy (non-hydrogen) atoms. The Balaban J connectivity index is 4.23. The first kappa shape index (κ1) is 25.1. The van der Waals surface area contributed by atoms with Crippen LogP contribution in [0.15, 0.2) is 0 Å². The molecule has 0 aliphatic carbocycles. The molecule has 0 rings (SSSR count). The van der Waals surface area contributed by atoms with Gasteiger partial charge in [0.15, 0.2) is 0 Å². The van der Waals surface area contributed by atoms with Gasteiger partial charge in [0.2, 0.25) is 0 Å². The lowest BCUT2D eigenvalue weighted by molar-refractivity contribution is -0.363. The van der Waals surface area contributed by atoms with Gasteiger partial charge in [0, 0.05) is 0 Å².